The molecule has 5 heteroatoms. The summed E-state index contributed by atoms with van der Waals surface area (Å²) in [5.74, 6) is 0.514. The van der Waals surface area contributed by atoms with Gasteiger partial charge in [-0.2, -0.15) is 0 Å². The fourth-order valence-electron chi connectivity index (χ4n) is 3.01. The van der Waals surface area contributed by atoms with Crippen molar-refractivity contribution in [2.45, 2.75) is 44.4 Å². The number of hydrogen-bond donors (Lipinski definition) is 1. The number of ketones is 1. The van der Waals surface area contributed by atoms with E-state index in [0.29, 0.717) is 16.0 Å². The first-order valence-electron chi connectivity index (χ1n) is 8.22. The van der Waals surface area contributed by atoms with Gasteiger partial charge in [0.25, 0.3) is 0 Å². The van der Waals surface area contributed by atoms with Crippen LogP contribution in [0.1, 0.15) is 48.2 Å². The van der Waals surface area contributed by atoms with E-state index >= 15 is 0 Å². The highest BCUT2D eigenvalue weighted by molar-refractivity contribution is 9.14. The number of aromatic amines is 1. The van der Waals surface area contributed by atoms with E-state index in [1.807, 2.05) is 6.92 Å². The van der Waals surface area contributed by atoms with Gasteiger partial charge in [-0.3, -0.25) is 9.59 Å². The third-order valence-corrected chi connectivity index (χ3v) is 6.31. The van der Waals surface area contributed by atoms with E-state index < -0.39 is 0 Å². The third-order valence-electron chi connectivity index (χ3n) is 4.44. The molecule has 1 heterocycles. The van der Waals surface area contributed by atoms with Gasteiger partial charge in [-0.1, -0.05) is 51.3 Å². The number of Topliss-reactive ketones (excluding diaryl/α,β-unsaturated/α-hetero) is 1. The van der Waals surface area contributed by atoms with Crippen LogP contribution in [0.5, 0.6) is 0 Å². The lowest BCUT2D eigenvalue weighted by Crippen LogP contribution is -2.47. The van der Waals surface area contributed by atoms with Crippen LogP contribution >= 0.6 is 27.7 Å². The molecule has 1 aliphatic carbocycles. The number of aromatic nitrogens is 1. The van der Waals surface area contributed by atoms with Crippen LogP contribution in [0, 0.1) is 6.92 Å². The molecule has 0 aliphatic heterocycles. The quantitative estimate of drug-likeness (QED) is 0.609. The maximum atomic E-state index is 13.0. The molecule has 130 valence electrons. The second-order valence-corrected chi connectivity index (χ2v) is 8.37. The lowest BCUT2D eigenvalue weighted by molar-refractivity contribution is 0.101. The summed E-state index contributed by atoms with van der Waals surface area (Å²) in [5, 5.41) is 2.14. The number of thioether (sulfide) groups is 1. The number of aryl methyl sites for hydroxylation is 1. The summed E-state index contributed by atoms with van der Waals surface area (Å²) in [6, 6.07) is 8.29. The largest absolute Gasteiger partial charge is 0.348 e. The molecule has 0 unspecified atom stereocenters. The zero-order valence-corrected chi connectivity index (χ0v) is 16.9. The summed E-state index contributed by atoms with van der Waals surface area (Å²) in [5.41, 5.74) is 3.54. The first-order valence-corrected chi connectivity index (χ1v) is 10.0. The van der Waals surface area contributed by atoms with Crippen LogP contribution in [0.4, 0.5) is 0 Å². The van der Waals surface area contributed by atoms with Gasteiger partial charge in [0.15, 0.2) is 5.78 Å². The molecule has 0 fully saturated rings. The summed E-state index contributed by atoms with van der Waals surface area (Å²) in [4.78, 5) is 28.5. The molecule has 0 saturated heterocycles. The fourth-order valence-corrected chi connectivity index (χ4v) is 4.56. The number of pyridine rings is 1. The SMILES string of the molecule is CC(=O)c1c(SCc2ccc(C)cc2)[nH]c2c(c1=O)=C(C)CCC=2Br. The molecule has 0 saturated carbocycles. The van der Waals surface area contributed by atoms with Gasteiger partial charge in [-0.15, -0.1) is 11.8 Å². The van der Waals surface area contributed by atoms with Crippen molar-refractivity contribution in [1.82, 2.24) is 4.98 Å². The van der Waals surface area contributed by atoms with Crippen molar-refractivity contribution in [1.29, 1.82) is 0 Å². The van der Waals surface area contributed by atoms with E-state index in [2.05, 4.69) is 52.1 Å². The van der Waals surface area contributed by atoms with E-state index in [-0.39, 0.29) is 16.8 Å². The van der Waals surface area contributed by atoms with Crippen molar-refractivity contribution >= 4 is 43.5 Å². The number of hydrogen-bond acceptors (Lipinski definition) is 3. The Morgan fingerprint density at radius 2 is 1.88 bits per heavy atom. The van der Waals surface area contributed by atoms with Crippen molar-refractivity contribution < 1.29 is 4.79 Å². The first-order chi connectivity index (χ1) is 11.9. The number of H-pyrrole nitrogens is 1. The Hall–Kier alpha value is -1.59. The van der Waals surface area contributed by atoms with E-state index in [0.717, 1.165) is 33.8 Å². The molecule has 3 nitrogen and oxygen atoms in total. The second-order valence-electron chi connectivity index (χ2n) is 6.42. The number of carbonyl (C=O) groups is 1. The van der Waals surface area contributed by atoms with Crippen LogP contribution in [-0.2, 0) is 5.75 Å². The number of carbonyl (C=O) groups excluding carboxylic acids is 1. The molecule has 25 heavy (non-hydrogen) atoms. The minimum absolute atomic E-state index is 0.151. The third kappa shape index (κ3) is 3.67. The zero-order chi connectivity index (χ0) is 18.1. The van der Waals surface area contributed by atoms with Crippen molar-refractivity contribution in [2.24, 2.45) is 0 Å². The Kier molecular flexibility index (Phi) is 5.35. The van der Waals surface area contributed by atoms with Crippen LogP contribution in [0.3, 0.4) is 0 Å². The average Bonchev–Trinajstić information content (AvgIpc) is 2.57. The summed E-state index contributed by atoms with van der Waals surface area (Å²) < 4.78 is 0.998. The Labute approximate surface area is 159 Å². The van der Waals surface area contributed by atoms with E-state index in [1.165, 1.54) is 24.2 Å². The second kappa shape index (κ2) is 7.34. The van der Waals surface area contributed by atoms with Crippen LogP contribution < -0.4 is 16.0 Å². The van der Waals surface area contributed by atoms with Crippen LogP contribution in [0.15, 0.2) is 34.1 Å². The Morgan fingerprint density at radius 3 is 2.52 bits per heavy atom. The maximum absolute atomic E-state index is 13.0. The summed E-state index contributed by atoms with van der Waals surface area (Å²) in [6.45, 7) is 5.48. The molecule has 0 atom stereocenters. The highest BCUT2D eigenvalue weighted by Crippen LogP contribution is 2.24. The first kappa shape index (κ1) is 18.2. The van der Waals surface area contributed by atoms with Crippen molar-refractivity contribution in [3.8, 4) is 0 Å². The fraction of sp³-hybridized carbons (Fsp3) is 0.300. The van der Waals surface area contributed by atoms with E-state index in [4.69, 9.17) is 0 Å². The Bertz CT molecular complexity index is 1020. The standard InChI is InChI=1S/C20H20BrNO2S/c1-11-4-7-14(8-5-11)10-25-20-17(13(3)23)19(24)16-12(2)6-9-15(21)18(16)22-20/h4-5,7-8,22H,6,9-10H2,1-3H3. The summed E-state index contributed by atoms with van der Waals surface area (Å²) in [7, 11) is 0. The molecule has 3 rings (SSSR count). The highest BCUT2D eigenvalue weighted by Gasteiger charge is 2.19. The average molecular weight is 418 g/mol. The van der Waals surface area contributed by atoms with Crippen LogP contribution in [0.2, 0.25) is 0 Å². The molecule has 0 radical (unpaired) electrons. The number of nitrogens with one attached hydrogen (secondary N) is 1. The molecule has 1 aromatic carbocycles. The highest BCUT2D eigenvalue weighted by atomic mass is 79.9. The maximum Gasteiger partial charge on any atom is 0.201 e. The lowest BCUT2D eigenvalue weighted by atomic mass is 10.0. The summed E-state index contributed by atoms with van der Waals surface area (Å²) in [6.07, 6.45) is 1.71. The predicted molar refractivity (Wildman–Crippen MR) is 108 cm³/mol. The molecule has 0 spiro atoms. The number of benzene rings is 1. The van der Waals surface area contributed by atoms with Crippen molar-refractivity contribution in [3.63, 3.8) is 0 Å². The Balaban J connectivity index is 2.12. The number of fused-ring (bicyclic) bond motifs is 1. The molecule has 1 aliphatic rings. The topological polar surface area (TPSA) is 49.9 Å². The van der Waals surface area contributed by atoms with Gasteiger partial charge in [0.05, 0.1) is 15.9 Å². The zero-order valence-electron chi connectivity index (χ0n) is 14.5. The van der Waals surface area contributed by atoms with E-state index in [1.54, 1.807) is 0 Å². The lowest BCUT2D eigenvalue weighted by Gasteiger charge is -2.13. The van der Waals surface area contributed by atoms with Gasteiger partial charge in [0.2, 0.25) is 5.43 Å². The van der Waals surface area contributed by atoms with Gasteiger partial charge in [-0.05, 0) is 39.2 Å². The van der Waals surface area contributed by atoms with Crippen molar-refractivity contribution in [2.75, 3.05) is 0 Å². The van der Waals surface area contributed by atoms with Gasteiger partial charge in [0, 0.05) is 15.5 Å². The smallest absolute Gasteiger partial charge is 0.201 e. The number of rotatable bonds is 4. The molecule has 1 aromatic heterocycles. The normalized spacial score (nSPS) is 13.8. The minimum Gasteiger partial charge on any atom is -0.348 e. The van der Waals surface area contributed by atoms with Gasteiger partial charge >= 0.3 is 0 Å². The Morgan fingerprint density at radius 1 is 1.20 bits per heavy atom. The van der Waals surface area contributed by atoms with Gasteiger partial charge in [0.1, 0.15) is 0 Å². The minimum atomic E-state index is -0.190. The van der Waals surface area contributed by atoms with Crippen molar-refractivity contribution in [3.05, 3.63) is 61.7 Å². The summed E-state index contributed by atoms with van der Waals surface area (Å²) >= 11 is 5.09. The predicted octanol–water partition coefficient (Wildman–Crippen LogP) is 3.65. The molecular weight excluding hydrogens is 398 g/mol. The van der Waals surface area contributed by atoms with Crippen LogP contribution in [-0.4, -0.2) is 10.8 Å². The molecule has 0 bridgehead atoms. The van der Waals surface area contributed by atoms with E-state index in [9.17, 15) is 9.59 Å². The monoisotopic (exact) mass is 417 g/mol. The van der Waals surface area contributed by atoms with Gasteiger partial charge < -0.3 is 4.98 Å². The molecule has 2 aromatic rings. The number of halogens is 1. The molecule has 1 N–H and O–H groups in total. The van der Waals surface area contributed by atoms with Crippen LogP contribution in [0.25, 0.3) is 10.1 Å². The molecular formula is C20H20BrNO2S. The molecule has 0 amide bonds. The van der Waals surface area contributed by atoms with Gasteiger partial charge in [-0.25, -0.2) is 0 Å².